The van der Waals surface area contributed by atoms with Crippen molar-refractivity contribution < 1.29 is 4.79 Å². The Morgan fingerprint density at radius 3 is 3.15 bits per heavy atom. The van der Waals surface area contributed by atoms with Gasteiger partial charge >= 0.3 is 0 Å². The van der Waals surface area contributed by atoms with E-state index in [9.17, 15) is 4.79 Å². The van der Waals surface area contributed by atoms with E-state index in [1.165, 1.54) is 10.1 Å². The van der Waals surface area contributed by atoms with Crippen molar-refractivity contribution in [2.75, 3.05) is 0 Å². The third-order valence-electron chi connectivity index (χ3n) is 1.91. The Hall–Kier alpha value is -1.35. The summed E-state index contributed by atoms with van der Waals surface area (Å²) in [4.78, 5) is 10.1. The molecule has 1 N–H and O–H groups in total. The molecule has 0 saturated carbocycles. The van der Waals surface area contributed by atoms with Crippen molar-refractivity contribution in [3.05, 3.63) is 35.2 Å². The van der Waals surface area contributed by atoms with Crippen molar-refractivity contribution in [2.45, 2.75) is 6.54 Å². The summed E-state index contributed by atoms with van der Waals surface area (Å²) in [7, 11) is 0. The van der Waals surface area contributed by atoms with Gasteiger partial charge in [-0.25, -0.2) is 0 Å². The van der Waals surface area contributed by atoms with Gasteiger partial charge in [0.2, 0.25) is 6.41 Å². The quantitative estimate of drug-likeness (QED) is 0.740. The molecule has 0 spiro atoms. The van der Waals surface area contributed by atoms with E-state index in [2.05, 4.69) is 28.9 Å². The summed E-state index contributed by atoms with van der Waals surface area (Å²) in [6.45, 7) is 0.606. The van der Waals surface area contributed by atoms with Crippen molar-refractivity contribution in [3.63, 3.8) is 0 Å². The predicted octanol–water partition coefficient (Wildman–Crippen LogP) is 2.15. The van der Waals surface area contributed by atoms with Crippen LogP contribution in [0.5, 0.6) is 0 Å². The van der Waals surface area contributed by atoms with E-state index in [0.717, 1.165) is 12.0 Å². The van der Waals surface area contributed by atoms with Gasteiger partial charge in [0.25, 0.3) is 0 Å². The Bertz CT molecular complexity index is 422. The molecule has 1 amide bonds. The molecule has 2 nitrogen and oxygen atoms in total. The van der Waals surface area contributed by atoms with E-state index in [-0.39, 0.29) is 0 Å². The highest BCUT2D eigenvalue weighted by Crippen LogP contribution is 2.21. The van der Waals surface area contributed by atoms with Gasteiger partial charge in [0.1, 0.15) is 0 Å². The van der Waals surface area contributed by atoms with E-state index in [0.29, 0.717) is 6.54 Å². The lowest BCUT2D eigenvalue weighted by Gasteiger charge is -1.99. The molecule has 0 aliphatic heterocycles. The van der Waals surface area contributed by atoms with Gasteiger partial charge < -0.3 is 5.32 Å². The molecule has 0 unspecified atom stereocenters. The lowest BCUT2D eigenvalue weighted by molar-refractivity contribution is -0.109. The van der Waals surface area contributed by atoms with Crippen molar-refractivity contribution in [3.8, 4) is 0 Å². The molecule has 0 bridgehead atoms. The highest BCUT2D eigenvalue weighted by molar-refractivity contribution is 7.17. The highest BCUT2D eigenvalue weighted by atomic mass is 32.1. The van der Waals surface area contributed by atoms with Crippen LogP contribution in [0, 0.1) is 0 Å². The number of carbonyl (C=O) groups excluding carboxylic acids is 1. The van der Waals surface area contributed by atoms with Crippen LogP contribution in [0.1, 0.15) is 5.56 Å². The molecule has 0 atom stereocenters. The number of amides is 1. The zero-order chi connectivity index (χ0) is 9.10. The number of carbonyl (C=O) groups is 1. The maximum atomic E-state index is 10.1. The third-order valence-corrected chi connectivity index (χ3v) is 2.80. The van der Waals surface area contributed by atoms with Gasteiger partial charge in [-0.05, 0) is 34.5 Å². The minimum Gasteiger partial charge on any atom is -0.355 e. The summed E-state index contributed by atoms with van der Waals surface area (Å²) >= 11 is 1.73. The first-order chi connectivity index (χ1) is 6.40. The zero-order valence-corrected chi connectivity index (χ0v) is 7.80. The fourth-order valence-corrected chi connectivity index (χ4v) is 2.06. The third kappa shape index (κ3) is 1.70. The largest absolute Gasteiger partial charge is 0.355 e. The molecule has 0 saturated heterocycles. The topological polar surface area (TPSA) is 29.1 Å². The molecule has 0 aliphatic carbocycles. The van der Waals surface area contributed by atoms with E-state index in [1.807, 2.05) is 6.07 Å². The maximum absolute atomic E-state index is 10.1. The Morgan fingerprint density at radius 2 is 2.31 bits per heavy atom. The Labute approximate surface area is 80.2 Å². The van der Waals surface area contributed by atoms with Gasteiger partial charge in [-0.3, -0.25) is 4.79 Å². The van der Waals surface area contributed by atoms with Crippen LogP contribution in [0.2, 0.25) is 0 Å². The molecule has 3 heteroatoms. The normalized spacial score (nSPS) is 10.2. The summed E-state index contributed by atoms with van der Waals surface area (Å²) < 4.78 is 1.29. The average Bonchev–Trinajstić information content (AvgIpc) is 2.61. The van der Waals surface area contributed by atoms with Gasteiger partial charge in [-0.15, -0.1) is 11.3 Å². The summed E-state index contributed by atoms with van der Waals surface area (Å²) in [6, 6.07) is 8.31. The zero-order valence-electron chi connectivity index (χ0n) is 6.99. The van der Waals surface area contributed by atoms with E-state index in [4.69, 9.17) is 0 Å². The smallest absolute Gasteiger partial charge is 0.207 e. The molecule has 13 heavy (non-hydrogen) atoms. The summed E-state index contributed by atoms with van der Waals surface area (Å²) in [5.41, 5.74) is 1.14. The summed E-state index contributed by atoms with van der Waals surface area (Å²) in [5, 5.41) is 5.96. The van der Waals surface area contributed by atoms with Crippen LogP contribution in [0.15, 0.2) is 29.6 Å². The van der Waals surface area contributed by atoms with Gasteiger partial charge in [-0.2, -0.15) is 0 Å². The van der Waals surface area contributed by atoms with Crippen molar-refractivity contribution in [2.24, 2.45) is 0 Å². The van der Waals surface area contributed by atoms with Crippen molar-refractivity contribution in [1.82, 2.24) is 5.32 Å². The molecule has 1 aromatic heterocycles. The molecule has 2 aromatic rings. The van der Waals surface area contributed by atoms with Crippen molar-refractivity contribution >= 4 is 27.8 Å². The van der Waals surface area contributed by atoms with Crippen LogP contribution in [-0.2, 0) is 11.3 Å². The minimum absolute atomic E-state index is 0.606. The molecule has 1 aromatic carbocycles. The number of rotatable bonds is 3. The molecule has 66 valence electrons. The van der Waals surface area contributed by atoms with Crippen LogP contribution >= 0.6 is 11.3 Å². The van der Waals surface area contributed by atoms with Crippen LogP contribution < -0.4 is 5.32 Å². The Balaban J connectivity index is 2.31. The lowest BCUT2D eigenvalue weighted by atomic mass is 10.2. The van der Waals surface area contributed by atoms with Crippen LogP contribution in [0.3, 0.4) is 0 Å². The second-order valence-corrected chi connectivity index (χ2v) is 3.74. The second kappa shape index (κ2) is 3.58. The number of nitrogens with one attached hydrogen (secondary N) is 1. The monoisotopic (exact) mass is 191 g/mol. The number of thiophene rings is 1. The molecule has 0 aliphatic rings. The molecular formula is C10H9NOS. The second-order valence-electron chi connectivity index (χ2n) is 2.79. The SMILES string of the molecule is O=CNCc1ccc2sccc2c1. The molecular weight excluding hydrogens is 182 g/mol. The van der Waals surface area contributed by atoms with Crippen molar-refractivity contribution in [1.29, 1.82) is 0 Å². The summed E-state index contributed by atoms with van der Waals surface area (Å²) in [5.74, 6) is 0. The van der Waals surface area contributed by atoms with Crippen LogP contribution in [-0.4, -0.2) is 6.41 Å². The van der Waals surface area contributed by atoms with E-state index in [1.54, 1.807) is 11.3 Å². The predicted molar refractivity (Wildman–Crippen MR) is 54.7 cm³/mol. The standard InChI is InChI=1S/C10H9NOS/c12-7-11-6-8-1-2-10-9(5-8)3-4-13-10/h1-5,7H,6H2,(H,11,12). The maximum Gasteiger partial charge on any atom is 0.207 e. The van der Waals surface area contributed by atoms with Gasteiger partial charge in [0, 0.05) is 11.2 Å². The first kappa shape index (κ1) is 8.26. The van der Waals surface area contributed by atoms with Crippen LogP contribution in [0.4, 0.5) is 0 Å². The molecule has 0 radical (unpaired) electrons. The molecule has 1 heterocycles. The van der Waals surface area contributed by atoms with E-state index < -0.39 is 0 Å². The average molecular weight is 191 g/mol. The Morgan fingerprint density at radius 1 is 1.38 bits per heavy atom. The van der Waals surface area contributed by atoms with Gasteiger partial charge in [0.05, 0.1) is 0 Å². The molecule has 2 rings (SSSR count). The minimum atomic E-state index is 0.606. The number of hydrogen-bond donors (Lipinski definition) is 1. The fourth-order valence-electron chi connectivity index (χ4n) is 1.29. The van der Waals surface area contributed by atoms with E-state index >= 15 is 0 Å². The van der Waals surface area contributed by atoms with Gasteiger partial charge in [0.15, 0.2) is 0 Å². The number of fused-ring (bicyclic) bond motifs is 1. The first-order valence-electron chi connectivity index (χ1n) is 4.03. The number of hydrogen-bond acceptors (Lipinski definition) is 2. The summed E-state index contributed by atoms with van der Waals surface area (Å²) in [6.07, 6.45) is 0.720. The fraction of sp³-hybridized carbons (Fsp3) is 0.100. The van der Waals surface area contributed by atoms with Crippen LogP contribution in [0.25, 0.3) is 10.1 Å². The lowest BCUT2D eigenvalue weighted by Crippen LogP contribution is -2.09. The highest BCUT2D eigenvalue weighted by Gasteiger charge is 1.96. The first-order valence-corrected chi connectivity index (χ1v) is 4.91. The number of benzene rings is 1. The Kier molecular flexibility index (Phi) is 2.27. The molecule has 0 fully saturated rings. The van der Waals surface area contributed by atoms with Gasteiger partial charge in [-0.1, -0.05) is 6.07 Å².